The molecule has 1 atom stereocenters. The first-order valence-corrected chi connectivity index (χ1v) is 12.4. The Hall–Kier alpha value is -2.88. The number of piperidine rings is 1. The number of esters is 1. The molecule has 0 radical (unpaired) electrons. The van der Waals surface area contributed by atoms with Crippen LogP contribution in [-0.4, -0.2) is 56.8 Å². The van der Waals surface area contributed by atoms with Crippen LogP contribution in [0.25, 0.3) is 11.0 Å². The van der Waals surface area contributed by atoms with Gasteiger partial charge in [0.25, 0.3) is 0 Å². The number of nitrogens with zero attached hydrogens (tertiary/aromatic N) is 4. The van der Waals surface area contributed by atoms with E-state index in [-0.39, 0.29) is 23.9 Å². The number of β-amino-alcohol motifs (C(OH)–C–C–N with tert-alkyl or cyclic N) is 1. The van der Waals surface area contributed by atoms with Crippen molar-refractivity contribution in [1.29, 1.82) is 0 Å². The number of aliphatic hydroxyl groups is 1. The van der Waals surface area contributed by atoms with Crippen LogP contribution in [0.15, 0.2) is 30.3 Å². The van der Waals surface area contributed by atoms with Gasteiger partial charge in [-0.05, 0) is 74.7 Å². The number of benzene rings is 2. The number of anilines is 1. The Labute approximate surface area is 201 Å². The lowest BCUT2D eigenvalue weighted by Crippen LogP contribution is -2.45. The average molecular weight is 479 g/mol. The second-order valence-corrected chi connectivity index (χ2v) is 10.2. The van der Waals surface area contributed by atoms with Crippen molar-refractivity contribution in [2.75, 3.05) is 31.1 Å². The average Bonchev–Trinajstić information content (AvgIpc) is 3.54. The van der Waals surface area contributed by atoms with Gasteiger partial charge in [0.2, 0.25) is 5.91 Å². The molecule has 0 aliphatic carbocycles. The lowest BCUT2D eigenvalue weighted by atomic mass is 9.77. The summed E-state index contributed by atoms with van der Waals surface area (Å²) in [6.07, 6.45) is 1.79. The van der Waals surface area contributed by atoms with E-state index < -0.39 is 6.10 Å². The number of fused-ring (bicyclic) bond motifs is 2. The first kappa shape index (κ1) is 21.6. The molecule has 3 aliphatic rings. The number of rotatable bonds is 4. The number of hydrogen-bond acceptors (Lipinski definition) is 8. The van der Waals surface area contributed by atoms with Gasteiger partial charge in [-0.3, -0.25) is 4.79 Å². The van der Waals surface area contributed by atoms with Crippen LogP contribution in [0, 0.1) is 12.3 Å². The van der Waals surface area contributed by atoms with Gasteiger partial charge in [-0.25, -0.2) is 4.79 Å². The molecular formula is C25H26N4O4S. The number of aliphatic hydroxyl groups excluding tert-OH is 1. The Morgan fingerprint density at radius 3 is 2.68 bits per heavy atom. The fourth-order valence-electron chi connectivity index (χ4n) is 5.70. The van der Waals surface area contributed by atoms with Crippen molar-refractivity contribution < 1.29 is 19.4 Å². The lowest BCUT2D eigenvalue weighted by Gasteiger charge is -2.38. The summed E-state index contributed by atoms with van der Waals surface area (Å²) < 4.78 is 13.7. The third-order valence-electron chi connectivity index (χ3n) is 7.87. The molecular weight excluding hydrogens is 452 g/mol. The quantitative estimate of drug-likeness (QED) is 0.575. The maximum atomic E-state index is 13.5. The molecule has 0 unspecified atom stereocenters. The smallest absolute Gasteiger partial charge is 0.338 e. The van der Waals surface area contributed by atoms with Crippen molar-refractivity contribution in [3.8, 4) is 0 Å². The van der Waals surface area contributed by atoms with Crippen molar-refractivity contribution in [2.45, 2.75) is 38.9 Å². The van der Waals surface area contributed by atoms with Crippen LogP contribution in [-0.2, 0) is 16.1 Å². The standard InChI is InChI=1S/C25H26N4O4S/c1-15-17(3-4-18-19(15)14-33-23(18)31)22(30)13-28-9-6-25(7-10-28)8-11-29(24(25)32)16-2-5-20-21(12-16)27-34-26-20/h2-5,12,22,30H,6-11,13-14H2,1H3/t22-/m0/s1. The molecule has 1 N–H and O–H groups in total. The van der Waals surface area contributed by atoms with Gasteiger partial charge < -0.3 is 19.6 Å². The predicted molar refractivity (Wildman–Crippen MR) is 128 cm³/mol. The molecule has 6 rings (SSSR count). The van der Waals surface area contributed by atoms with Crippen molar-refractivity contribution in [1.82, 2.24) is 13.6 Å². The summed E-state index contributed by atoms with van der Waals surface area (Å²) in [6, 6.07) is 9.44. The van der Waals surface area contributed by atoms with Gasteiger partial charge in [-0.1, -0.05) is 6.07 Å². The van der Waals surface area contributed by atoms with E-state index in [1.165, 1.54) is 11.7 Å². The maximum absolute atomic E-state index is 13.5. The Bertz CT molecular complexity index is 1300. The van der Waals surface area contributed by atoms with E-state index in [4.69, 9.17) is 4.74 Å². The van der Waals surface area contributed by atoms with E-state index in [0.717, 1.165) is 72.3 Å². The van der Waals surface area contributed by atoms with Crippen molar-refractivity contribution in [3.05, 3.63) is 52.6 Å². The van der Waals surface area contributed by atoms with Crippen molar-refractivity contribution in [3.63, 3.8) is 0 Å². The second-order valence-electron chi connectivity index (χ2n) is 9.62. The van der Waals surface area contributed by atoms with Gasteiger partial charge in [0.1, 0.15) is 17.6 Å². The summed E-state index contributed by atoms with van der Waals surface area (Å²) >= 11 is 1.19. The molecule has 3 aromatic rings. The largest absolute Gasteiger partial charge is 0.457 e. The number of amides is 1. The zero-order valence-electron chi connectivity index (χ0n) is 19.0. The van der Waals surface area contributed by atoms with Crippen molar-refractivity contribution >= 4 is 40.3 Å². The number of carbonyl (C=O) groups is 2. The van der Waals surface area contributed by atoms with E-state index in [1.54, 1.807) is 6.07 Å². The number of likely N-dealkylation sites (tertiary alicyclic amines) is 1. The molecule has 176 valence electrons. The molecule has 0 bridgehead atoms. The van der Waals surface area contributed by atoms with Crippen LogP contribution < -0.4 is 4.90 Å². The molecule has 1 spiro atoms. The fraction of sp³-hybridized carbons (Fsp3) is 0.440. The molecule has 2 saturated heterocycles. The Kier molecular flexibility index (Phi) is 5.16. The third-order valence-corrected chi connectivity index (χ3v) is 8.43. The lowest BCUT2D eigenvalue weighted by molar-refractivity contribution is -0.128. The van der Waals surface area contributed by atoms with E-state index in [0.29, 0.717) is 12.1 Å². The first-order valence-electron chi connectivity index (χ1n) is 11.7. The number of hydrogen-bond donors (Lipinski definition) is 1. The minimum atomic E-state index is -0.649. The third kappa shape index (κ3) is 3.41. The highest BCUT2D eigenvalue weighted by Crippen LogP contribution is 2.43. The van der Waals surface area contributed by atoms with Crippen molar-refractivity contribution in [2.24, 2.45) is 5.41 Å². The summed E-state index contributed by atoms with van der Waals surface area (Å²) in [7, 11) is 0. The SMILES string of the molecule is Cc1c([C@@H](O)CN2CCC3(CC2)CCN(c2ccc4nsnc4c2)C3=O)ccc2c1COC2=O. The van der Waals surface area contributed by atoms with E-state index >= 15 is 0 Å². The Morgan fingerprint density at radius 2 is 1.85 bits per heavy atom. The first-order chi connectivity index (χ1) is 16.4. The van der Waals surface area contributed by atoms with Crippen LogP contribution in [0.2, 0.25) is 0 Å². The normalized spacial score (nSPS) is 20.8. The number of ether oxygens (including phenoxy) is 1. The fourth-order valence-corrected chi connectivity index (χ4v) is 6.22. The Morgan fingerprint density at radius 1 is 1.09 bits per heavy atom. The van der Waals surface area contributed by atoms with Gasteiger partial charge in [0.05, 0.1) is 28.8 Å². The monoisotopic (exact) mass is 478 g/mol. The topological polar surface area (TPSA) is 95.9 Å². The summed E-state index contributed by atoms with van der Waals surface area (Å²) in [6.45, 7) is 5.00. The van der Waals surface area contributed by atoms with Gasteiger partial charge >= 0.3 is 5.97 Å². The zero-order chi connectivity index (χ0) is 23.4. The molecule has 8 nitrogen and oxygen atoms in total. The number of cyclic esters (lactones) is 1. The van der Waals surface area contributed by atoms with Crippen LogP contribution >= 0.6 is 11.7 Å². The molecule has 3 aliphatic heterocycles. The molecule has 1 amide bonds. The van der Waals surface area contributed by atoms with Crippen LogP contribution in [0.5, 0.6) is 0 Å². The van der Waals surface area contributed by atoms with E-state index in [2.05, 4.69) is 13.6 Å². The summed E-state index contributed by atoms with van der Waals surface area (Å²) in [5.41, 5.74) is 5.51. The highest BCUT2D eigenvalue weighted by molar-refractivity contribution is 7.00. The van der Waals surface area contributed by atoms with E-state index in [1.807, 2.05) is 36.1 Å². The number of carbonyl (C=O) groups excluding carboxylic acids is 2. The minimum absolute atomic E-state index is 0.203. The van der Waals surface area contributed by atoms with Crippen LogP contribution in [0.1, 0.15) is 52.4 Å². The second kappa shape index (κ2) is 8.11. The molecule has 1 aromatic heterocycles. The highest BCUT2D eigenvalue weighted by Gasteiger charge is 2.48. The summed E-state index contributed by atoms with van der Waals surface area (Å²) in [5, 5.41) is 11.0. The molecule has 2 fully saturated rings. The minimum Gasteiger partial charge on any atom is -0.457 e. The van der Waals surface area contributed by atoms with Gasteiger partial charge in [-0.2, -0.15) is 8.75 Å². The van der Waals surface area contributed by atoms with Crippen LogP contribution in [0.3, 0.4) is 0 Å². The molecule has 4 heterocycles. The molecule has 34 heavy (non-hydrogen) atoms. The maximum Gasteiger partial charge on any atom is 0.338 e. The molecule has 2 aromatic carbocycles. The highest BCUT2D eigenvalue weighted by atomic mass is 32.1. The molecule has 9 heteroatoms. The predicted octanol–water partition coefficient (Wildman–Crippen LogP) is 3.22. The summed E-state index contributed by atoms with van der Waals surface area (Å²) in [5.74, 6) is -0.0896. The van der Waals surface area contributed by atoms with Gasteiger partial charge in [0.15, 0.2) is 0 Å². The van der Waals surface area contributed by atoms with Gasteiger partial charge in [0, 0.05) is 24.3 Å². The van der Waals surface area contributed by atoms with E-state index in [9.17, 15) is 14.7 Å². The van der Waals surface area contributed by atoms with Gasteiger partial charge in [-0.15, -0.1) is 0 Å². The zero-order valence-corrected chi connectivity index (χ0v) is 19.8. The summed E-state index contributed by atoms with van der Waals surface area (Å²) in [4.78, 5) is 29.4. The Balaban J connectivity index is 1.11. The van der Waals surface area contributed by atoms with Crippen LogP contribution in [0.4, 0.5) is 5.69 Å². The molecule has 0 saturated carbocycles. The number of aromatic nitrogens is 2.